The van der Waals surface area contributed by atoms with Gasteiger partial charge < -0.3 is 9.47 Å². The van der Waals surface area contributed by atoms with Gasteiger partial charge in [0.05, 0.1) is 17.0 Å². The molecule has 2 aromatic carbocycles. The molecule has 0 N–H and O–H groups in total. The van der Waals surface area contributed by atoms with Crippen molar-refractivity contribution in [3.05, 3.63) is 72.3 Å². The highest BCUT2D eigenvalue weighted by atomic mass is 32.2. The summed E-state index contributed by atoms with van der Waals surface area (Å²) in [5.74, 6) is 0.565. The number of nitriles is 1. The molecule has 0 aliphatic heterocycles. The molecule has 0 aliphatic carbocycles. The highest BCUT2D eigenvalue weighted by Crippen LogP contribution is 2.34. The van der Waals surface area contributed by atoms with Crippen molar-refractivity contribution in [1.82, 2.24) is 4.98 Å². The summed E-state index contributed by atoms with van der Waals surface area (Å²) in [6.07, 6.45) is -0.330. The van der Waals surface area contributed by atoms with Crippen molar-refractivity contribution >= 4 is 11.8 Å². The first-order valence-corrected chi connectivity index (χ1v) is 10.7. The molecule has 0 bridgehead atoms. The zero-order valence-electron chi connectivity index (χ0n) is 16.7. The molecule has 3 aromatic rings. The number of hydrogen-bond donors (Lipinski definition) is 0. The van der Waals surface area contributed by atoms with E-state index < -0.39 is 0 Å². The van der Waals surface area contributed by atoms with E-state index in [1.807, 2.05) is 80.6 Å². The minimum atomic E-state index is -0.330. The molecule has 0 saturated heterocycles. The van der Waals surface area contributed by atoms with Crippen LogP contribution in [0.5, 0.6) is 0 Å². The number of nitrogens with zero attached hydrogens (tertiary/aromatic N) is 2. The number of benzene rings is 2. The van der Waals surface area contributed by atoms with E-state index >= 15 is 0 Å². The summed E-state index contributed by atoms with van der Waals surface area (Å²) in [7, 11) is 0. The van der Waals surface area contributed by atoms with Gasteiger partial charge in [-0.3, -0.25) is 0 Å². The van der Waals surface area contributed by atoms with Gasteiger partial charge in [0.25, 0.3) is 0 Å². The maximum Gasteiger partial charge on any atom is 0.166 e. The van der Waals surface area contributed by atoms with Gasteiger partial charge in [0, 0.05) is 24.3 Å². The summed E-state index contributed by atoms with van der Waals surface area (Å²) in [5, 5.41) is 10.6. The fourth-order valence-electron chi connectivity index (χ4n) is 3.00. The monoisotopic (exact) mass is 404 g/mol. The maximum absolute atomic E-state index is 9.93. The minimum absolute atomic E-state index is 0.330. The second-order valence-electron chi connectivity index (χ2n) is 6.23. The SMILES string of the molecule is CCOC(CSc1nc(-c2ccccc2)cc(-c2ccccc2)c1C#N)OCC. The fourth-order valence-corrected chi connectivity index (χ4v) is 3.95. The Hall–Kier alpha value is -2.65. The molecule has 0 atom stereocenters. The molecule has 0 fully saturated rings. The summed E-state index contributed by atoms with van der Waals surface area (Å²) in [6, 6.07) is 24.3. The van der Waals surface area contributed by atoms with Crippen LogP contribution < -0.4 is 0 Å². The first-order chi connectivity index (χ1) is 14.3. The predicted molar refractivity (Wildman–Crippen MR) is 118 cm³/mol. The molecule has 0 saturated carbocycles. The number of pyridine rings is 1. The smallest absolute Gasteiger partial charge is 0.166 e. The van der Waals surface area contributed by atoms with Gasteiger partial charge >= 0.3 is 0 Å². The van der Waals surface area contributed by atoms with Crippen LogP contribution in [0.1, 0.15) is 19.4 Å². The van der Waals surface area contributed by atoms with E-state index in [0.29, 0.717) is 29.6 Å². The lowest BCUT2D eigenvalue weighted by molar-refractivity contribution is -0.120. The maximum atomic E-state index is 9.93. The van der Waals surface area contributed by atoms with E-state index in [4.69, 9.17) is 14.5 Å². The van der Waals surface area contributed by atoms with E-state index in [1.165, 1.54) is 11.8 Å². The Bertz CT molecular complexity index is 950. The fraction of sp³-hybridized carbons (Fsp3) is 0.250. The Labute approximate surface area is 176 Å². The Morgan fingerprint density at radius 1 is 0.931 bits per heavy atom. The molecular formula is C24H24N2O2S. The number of thioether (sulfide) groups is 1. The van der Waals surface area contributed by atoms with Crippen LogP contribution >= 0.6 is 11.8 Å². The van der Waals surface area contributed by atoms with Crippen LogP contribution in [-0.4, -0.2) is 30.2 Å². The second-order valence-corrected chi connectivity index (χ2v) is 7.24. The Kier molecular flexibility index (Phi) is 7.83. The Morgan fingerprint density at radius 3 is 2.07 bits per heavy atom. The molecule has 0 unspecified atom stereocenters. The molecule has 0 aliphatic rings. The summed E-state index contributed by atoms with van der Waals surface area (Å²) < 4.78 is 11.3. The summed E-state index contributed by atoms with van der Waals surface area (Å²) >= 11 is 1.49. The van der Waals surface area contributed by atoms with E-state index in [-0.39, 0.29) is 6.29 Å². The van der Waals surface area contributed by atoms with Gasteiger partial charge in [-0.15, -0.1) is 0 Å². The lowest BCUT2D eigenvalue weighted by atomic mass is 9.99. The van der Waals surface area contributed by atoms with Gasteiger partial charge in [-0.2, -0.15) is 5.26 Å². The number of hydrogen-bond acceptors (Lipinski definition) is 5. The van der Waals surface area contributed by atoms with Crippen LogP contribution in [0.2, 0.25) is 0 Å². The third kappa shape index (κ3) is 5.45. The average Bonchev–Trinajstić information content (AvgIpc) is 2.78. The van der Waals surface area contributed by atoms with Gasteiger partial charge in [-0.05, 0) is 25.5 Å². The molecule has 4 nitrogen and oxygen atoms in total. The van der Waals surface area contributed by atoms with Crippen LogP contribution in [0.3, 0.4) is 0 Å². The molecule has 1 aromatic heterocycles. The van der Waals surface area contributed by atoms with E-state index in [9.17, 15) is 5.26 Å². The van der Waals surface area contributed by atoms with E-state index in [2.05, 4.69) is 6.07 Å². The molecule has 3 rings (SSSR count). The number of aromatic nitrogens is 1. The van der Waals surface area contributed by atoms with Crippen molar-refractivity contribution in [3.63, 3.8) is 0 Å². The lowest BCUT2D eigenvalue weighted by Crippen LogP contribution is -2.20. The third-order valence-corrected chi connectivity index (χ3v) is 5.32. The Balaban J connectivity index is 2.05. The van der Waals surface area contributed by atoms with Crippen LogP contribution in [0.4, 0.5) is 0 Å². The third-order valence-electron chi connectivity index (χ3n) is 4.31. The van der Waals surface area contributed by atoms with Crippen molar-refractivity contribution in [2.45, 2.75) is 25.2 Å². The molecule has 1 heterocycles. The van der Waals surface area contributed by atoms with Crippen LogP contribution in [0.25, 0.3) is 22.4 Å². The lowest BCUT2D eigenvalue weighted by Gasteiger charge is -2.17. The zero-order chi connectivity index (χ0) is 20.5. The number of ether oxygens (including phenoxy) is 2. The largest absolute Gasteiger partial charge is 0.352 e. The first-order valence-electron chi connectivity index (χ1n) is 9.68. The van der Waals surface area contributed by atoms with Crippen LogP contribution in [0, 0.1) is 11.3 Å². The highest BCUT2D eigenvalue weighted by Gasteiger charge is 2.18. The molecule has 0 spiro atoms. The second kappa shape index (κ2) is 10.8. The molecule has 29 heavy (non-hydrogen) atoms. The van der Waals surface area contributed by atoms with E-state index in [0.717, 1.165) is 22.4 Å². The summed E-state index contributed by atoms with van der Waals surface area (Å²) in [5.41, 5.74) is 4.32. The van der Waals surface area contributed by atoms with Gasteiger partial charge in [0.1, 0.15) is 11.1 Å². The predicted octanol–water partition coefficient (Wildman–Crippen LogP) is 5.78. The molecule has 0 amide bonds. The summed E-state index contributed by atoms with van der Waals surface area (Å²) in [6.45, 7) is 5.03. The van der Waals surface area contributed by atoms with Crippen LogP contribution in [-0.2, 0) is 9.47 Å². The molecular weight excluding hydrogens is 380 g/mol. The Morgan fingerprint density at radius 2 is 1.52 bits per heavy atom. The van der Waals surface area contributed by atoms with Crippen LogP contribution in [0.15, 0.2) is 71.8 Å². The van der Waals surface area contributed by atoms with Crippen molar-refractivity contribution in [1.29, 1.82) is 5.26 Å². The standard InChI is InChI=1S/C24H24N2O2S/c1-3-27-23(28-4-2)17-29-24-21(16-25)20(18-11-7-5-8-12-18)15-22(26-24)19-13-9-6-10-14-19/h5-15,23H,3-4,17H2,1-2H3. The molecule has 5 heteroatoms. The zero-order valence-corrected chi connectivity index (χ0v) is 17.5. The van der Waals surface area contributed by atoms with Gasteiger partial charge in [0.15, 0.2) is 6.29 Å². The van der Waals surface area contributed by atoms with Gasteiger partial charge in [0.2, 0.25) is 0 Å². The van der Waals surface area contributed by atoms with Gasteiger partial charge in [-0.25, -0.2) is 4.98 Å². The van der Waals surface area contributed by atoms with E-state index in [1.54, 1.807) is 0 Å². The average molecular weight is 405 g/mol. The normalized spacial score (nSPS) is 10.8. The highest BCUT2D eigenvalue weighted by molar-refractivity contribution is 7.99. The van der Waals surface area contributed by atoms with Crippen molar-refractivity contribution in [3.8, 4) is 28.5 Å². The summed E-state index contributed by atoms with van der Waals surface area (Å²) in [4.78, 5) is 4.82. The minimum Gasteiger partial charge on any atom is -0.352 e. The molecule has 148 valence electrons. The van der Waals surface area contributed by atoms with Crippen molar-refractivity contribution < 1.29 is 9.47 Å². The number of rotatable bonds is 9. The quantitative estimate of drug-likeness (QED) is 0.334. The topological polar surface area (TPSA) is 55.1 Å². The molecule has 0 radical (unpaired) electrons. The van der Waals surface area contributed by atoms with Crippen molar-refractivity contribution in [2.24, 2.45) is 0 Å². The van der Waals surface area contributed by atoms with Crippen molar-refractivity contribution in [2.75, 3.05) is 19.0 Å². The first kappa shape index (κ1) is 21.1. The van der Waals surface area contributed by atoms with Gasteiger partial charge in [-0.1, -0.05) is 72.4 Å².